The molecule has 1 aliphatic rings. The molecule has 0 atom stereocenters. The van der Waals surface area contributed by atoms with Crippen molar-refractivity contribution in [2.75, 3.05) is 6.61 Å². The number of hydrogen-bond donors (Lipinski definition) is 0. The molecule has 0 N–H and O–H groups in total. The van der Waals surface area contributed by atoms with E-state index in [4.69, 9.17) is 9.47 Å². The Morgan fingerprint density at radius 3 is 2.24 bits per heavy atom. The van der Waals surface area contributed by atoms with Crippen molar-refractivity contribution >= 4 is 5.97 Å². The minimum atomic E-state index is -0.528. The first-order valence-electron chi connectivity index (χ1n) is 12.4. The lowest BCUT2D eigenvalue weighted by molar-refractivity contribution is -0.141. The zero-order chi connectivity index (χ0) is 23.5. The zero-order valence-electron chi connectivity index (χ0n) is 19.7. The van der Waals surface area contributed by atoms with E-state index in [1.807, 2.05) is 0 Å². The second-order valence-electron chi connectivity index (χ2n) is 9.07. The van der Waals surface area contributed by atoms with E-state index >= 15 is 0 Å². The Morgan fingerprint density at radius 2 is 1.55 bits per heavy atom. The number of rotatable bonds is 12. The van der Waals surface area contributed by atoms with Gasteiger partial charge in [0.25, 0.3) is 0 Å². The smallest absolute Gasteiger partial charge is 0.314 e. The second kappa shape index (κ2) is 13.4. The molecule has 1 saturated carbocycles. The van der Waals surface area contributed by atoms with Crippen LogP contribution in [-0.4, -0.2) is 18.7 Å². The molecule has 0 amide bonds. The topological polar surface area (TPSA) is 35.5 Å². The van der Waals surface area contributed by atoms with E-state index in [0.717, 1.165) is 49.8 Å². The van der Waals surface area contributed by atoms with Crippen molar-refractivity contribution in [2.24, 2.45) is 5.92 Å². The molecule has 0 saturated heterocycles. The summed E-state index contributed by atoms with van der Waals surface area (Å²) >= 11 is 0. The molecule has 0 aromatic heterocycles. The van der Waals surface area contributed by atoms with E-state index in [-0.39, 0.29) is 29.6 Å². The van der Waals surface area contributed by atoms with Gasteiger partial charge in [-0.3, -0.25) is 4.79 Å². The molecule has 180 valence electrons. The Labute approximate surface area is 196 Å². The molecule has 1 fully saturated rings. The van der Waals surface area contributed by atoms with Crippen LogP contribution in [0.5, 0.6) is 5.75 Å². The van der Waals surface area contributed by atoms with Crippen LogP contribution in [0.4, 0.5) is 8.78 Å². The molecule has 0 bridgehead atoms. The number of ether oxygens (including phenoxy) is 2. The number of unbranched alkanes of at least 4 members (excludes halogenated alkanes) is 4. The third kappa shape index (κ3) is 8.54. The maximum Gasteiger partial charge on any atom is 0.314 e. The number of hydrogen-bond acceptors (Lipinski definition) is 3. The predicted molar refractivity (Wildman–Crippen MR) is 126 cm³/mol. The lowest BCUT2D eigenvalue weighted by Crippen LogP contribution is -2.29. The van der Waals surface area contributed by atoms with E-state index in [1.165, 1.54) is 49.9 Å². The Kier molecular flexibility index (Phi) is 10.3. The van der Waals surface area contributed by atoms with Crippen LogP contribution in [0.3, 0.4) is 0 Å². The van der Waals surface area contributed by atoms with Gasteiger partial charge in [0, 0.05) is 6.61 Å². The lowest BCUT2D eigenvalue weighted by Gasteiger charge is -2.27. The standard InChI is InChI=1S/C28H36F2O3/c1-2-3-4-5-6-19-32-25-16-12-23(13-17-25)28(31)33-27-18-11-22(20-26(27)30)8-7-21-9-14-24(29)15-10-21/h9-11,14-15,18,20,23,25H,2-8,12-13,16-17,19H2,1H3/t23-,25-. The number of esters is 1. The Morgan fingerprint density at radius 1 is 0.879 bits per heavy atom. The predicted octanol–water partition coefficient (Wildman–Crippen LogP) is 7.20. The first-order valence-corrected chi connectivity index (χ1v) is 12.4. The monoisotopic (exact) mass is 458 g/mol. The molecule has 2 aromatic rings. The van der Waals surface area contributed by atoms with Crippen LogP contribution in [0, 0.1) is 17.6 Å². The van der Waals surface area contributed by atoms with E-state index in [0.29, 0.717) is 12.8 Å². The molecule has 1 aliphatic carbocycles. The minimum absolute atomic E-state index is 0.0176. The van der Waals surface area contributed by atoms with Crippen LogP contribution in [0.2, 0.25) is 0 Å². The highest BCUT2D eigenvalue weighted by molar-refractivity contribution is 5.75. The van der Waals surface area contributed by atoms with Crippen LogP contribution in [0.15, 0.2) is 42.5 Å². The van der Waals surface area contributed by atoms with Crippen molar-refractivity contribution in [3.63, 3.8) is 0 Å². The zero-order valence-corrected chi connectivity index (χ0v) is 19.7. The van der Waals surface area contributed by atoms with Crippen molar-refractivity contribution in [3.05, 3.63) is 65.2 Å². The molecule has 0 radical (unpaired) electrons. The number of carbonyl (C=O) groups is 1. The maximum atomic E-state index is 14.5. The number of halogens is 2. The van der Waals surface area contributed by atoms with Gasteiger partial charge in [-0.25, -0.2) is 8.78 Å². The largest absolute Gasteiger partial charge is 0.423 e. The fraction of sp³-hybridized carbons (Fsp3) is 0.536. The molecule has 0 unspecified atom stereocenters. The molecule has 2 aromatic carbocycles. The summed E-state index contributed by atoms with van der Waals surface area (Å²) in [6.45, 7) is 3.00. The summed E-state index contributed by atoms with van der Waals surface area (Å²) in [5.41, 5.74) is 1.80. The highest BCUT2D eigenvalue weighted by Gasteiger charge is 2.28. The van der Waals surface area contributed by atoms with Crippen molar-refractivity contribution in [2.45, 2.75) is 83.7 Å². The van der Waals surface area contributed by atoms with Crippen LogP contribution in [0.1, 0.15) is 75.8 Å². The normalized spacial score (nSPS) is 18.3. The SMILES string of the molecule is CCCCCCCO[C@H]1CC[C@H](C(=O)Oc2ccc(CCc3ccc(F)cc3)cc2F)CC1. The highest BCUT2D eigenvalue weighted by atomic mass is 19.1. The van der Waals surface area contributed by atoms with E-state index in [1.54, 1.807) is 18.2 Å². The quantitative estimate of drug-likeness (QED) is 0.192. The Hall–Kier alpha value is -2.27. The summed E-state index contributed by atoms with van der Waals surface area (Å²) in [4.78, 5) is 12.5. The molecule has 0 aliphatic heterocycles. The third-order valence-electron chi connectivity index (χ3n) is 6.43. The van der Waals surface area contributed by atoms with Crippen LogP contribution >= 0.6 is 0 Å². The highest BCUT2D eigenvalue weighted by Crippen LogP contribution is 2.29. The molecule has 3 nitrogen and oxygen atoms in total. The molecule has 5 heteroatoms. The minimum Gasteiger partial charge on any atom is -0.423 e. The van der Waals surface area contributed by atoms with Crippen LogP contribution in [0.25, 0.3) is 0 Å². The summed E-state index contributed by atoms with van der Waals surface area (Å²) in [5.74, 6) is -1.37. The first-order chi connectivity index (χ1) is 16.0. The summed E-state index contributed by atoms with van der Waals surface area (Å²) < 4.78 is 38.9. The van der Waals surface area contributed by atoms with Gasteiger partial charge in [0.2, 0.25) is 0 Å². The summed E-state index contributed by atoms with van der Waals surface area (Å²) in [5, 5.41) is 0. The van der Waals surface area contributed by atoms with Crippen molar-refractivity contribution < 1.29 is 23.0 Å². The molecule has 0 spiro atoms. The molecule has 3 rings (SSSR count). The van der Waals surface area contributed by atoms with E-state index in [9.17, 15) is 13.6 Å². The number of benzene rings is 2. The summed E-state index contributed by atoms with van der Waals surface area (Å²) in [6, 6.07) is 11.0. The van der Waals surface area contributed by atoms with Gasteiger partial charge >= 0.3 is 5.97 Å². The van der Waals surface area contributed by atoms with E-state index in [2.05, 4.69) is 6.92 Å². The first kappa shape index (κ1) is 25.4. The van der Waals surface area contributed by atoms with Gasteiger partial charge in [0.05, 0.1) is 12.0 Å². The maximum absolute atomic E-state index is 14.5. The van der Waals surface area contributed by atoms with Crippen molar-refractivity contribution in [3.8, 4) is 5.75 Å². The average Bonchev–Trinajstić information content (AvgIpc) is 2.83. The van der Waals surface area contributed by atoms with Gasteiger partial charge in [-0.2, -0.15) is 0 Å². The number of carbonyl (C=O) groups excluding carboxylic acids is 1. The third-order valence-corrected chi connectivity index (χ3v) is 6.43. The Balaban J connectivity index is 1.39. The van der Waals surface area contributed by atoms with Crippen molar-refractivity contribution in [1.82, 2.24) is 0 Å². The lowest BCUT2D eigenvalue weighted by atomic mass is 9.87. The fourth-order valence-electron chi connectivity index (χ4n) is 4.33. The van der Waals surface area contributed by atoms with Crippen LogP contribution in [-0.2, 0) is 22.4 Å². The average molecular weight is 459 g/mol. The van der Waals surface area contributed by atoms with Gasteiger partial charge in [0.15, 0.2) is 11.6 Å². The molecular weight excluding hydrogens is 422 g/mol. The van der Waals surface area contributed by atoms with Crippen molar-refractivity contribution in [1.29, 1.82) is 0 Å². The molecular formula is C28H36F2O3. The Bertz CT molecular complexity index is 858. The number of aryl methyl sites for hydroxylation is 2. The van der Waals surface area contributed by atoms with Crippen LogP contribution < -0.4 is 4.74 Å². The summed E-state index contributed by atoms with van der Waals surface area (Å²) in [7, 11) is 0. The van der Waals surface area contributed by atoms with E-state index < -0.39 is 5.82 Å². The van der Waals surface area contributed by atoms with Gasteiger partial charge in [-0.1, -0.05) is 50.8 Å². The van der Waals surface area contributed by atoms with Gasteiger partial charge in [0.1, 0.15) is 5.82 Å². The fourth-order valence-corrected chi connectivity index (χ4v) is 4.33. The molecule has 33 heavy (non-hydrogen) atoms. The van der Waals surface area contributed by atoms with Gasteiger partial charge in [-0.05, 0) is 80.3 Å². The summed E-state index contributed by atoms with van der Waals surface area (Å²) in [6.07, 6.45) is 10.8. The van der Waals surface area contributed by atoms with Gasteiger partial charge < -0.3 is 9.47 Å². The second-order valence-corrected chi connectivity index (χ2v) is 9.07. The van der Waals surface area contributed by atoms with Gasteiger partial charge in [-0.15, -0.1) is 0 Å². The molecule has 0 heterocycles.